The zero-order valence-corrected chi connectivity index (χ0v) is 9.45. The second kappa shape index (κ2) is 7.26. The zero-order chi connectivity index (χ0) is 10.9. The molecular weight excluding hydrogens is 190 g/mol. The monoisotopic (exact) mass is 209 g/mol. The summed E-state index contributed by atoms with van der Waals surface area (Å²) >= 11 is 0. The van der Waals surface area contributed by atoms with Gasteiger partial charge in [-0.3, -0.25) is 0 Å². The Balaban J connectivity index is 2.20. The van der Waals surface area contributed by atoms with Crippen molar-refractivity contribution in [2.24, 2.45) is 0 Å². The van der Waals surface area contributed by atoms with Crippen LogP contribution in [0.2, 0.25) is 0 Å². The zero-order valence-electron chi connectivity index (χ0n) is 9.45. The summed E-state index contributed by atoms with van der Waals surface area (Å²) in [6, 6.07) is 8.07. The summed E-state index contributed by atoms with van der Waals surface area (Å²) in [5.74, 6) is 0.896. The summed E-state index contributed by atoms with van der Waals surface area (Å²) in [5, 5.41) is 3.31. The lowest BCUT2D eigenvalue weighted by Gasteiger charge is -2.05. The molecule has 0 saturated heterocycles. The second-order valence-electron chi connectivity index (χ2n) is 3.22. The predicted molar refractivity (Wildman–Crippen MR) is 61.2 cm³/mol. The molecule has 0 fully saturated rings. The van der Waals surface area contributed by atoms with Gasteiger partial charge in [-0.15, -0.1) is 0 Å². The fourth-order valence-corrected chi connectivity index (χ4v) is 1.26. The highest BCUT2D eigenvalue weighted by Crippen LogP contribution is 2.10. The number of ether oxygens (including phenoxy) is 2. The van der Waals surface area contributed by atoms with Gasteiger partial charge in [0.05, 0.1) is 13.7 Å². The van der Waals surface area contributed by atoms with E-state index >= 15 is 0 Å². The van der Waals surface area contributed by atoms with E-state index in [0.29, 0.717) is 0 Å². The first-order chi connectivity index (χ1) is 7.36. The van der Waals surface area contributed by atoms with Gasteiger partial charge < -0.3 is 14.8 Å². The Morgan fingerprint density at radius 3 is 2.53 bits per heavy atom. The lowest BCUT2D eigenvalue weighted by molar-refractivity contribution is 0.149. The van der Waals surface area contributed by atoms with E-state index in [-0.39, 0.29) is 0 Å². The molecule has 0 radical (unpaired) electrons. The van der Waals surface area contributed by atoms with Gasteiger partial charge in [-0.05, 0) is 24.6 Å². The molecule has 1 rings (SSSR count). The van der Waals surface area contributed by atoms with Crippen molar-refractivity contribution in [3.05, 3.63) is 29.8 Å². The Morgan fingerprint density at radius 1 is 1.20 bits per heavy atom. The number of hydrogen-bond acceptors (Lipinski definition) is 3. The van der Waals surface area contributed by atoms with E-state index in [1.54, 1.807) is 7.11 Å². The highest BCUT2D eigenvalue weighted by Gasteiger charge is 1.93. The maximum absolute atomic E-state index is 5.23. The van der Waals surface area contributed by atoms with Crippen molar-refractivity contribution in [1.29, 1.82) is 0 Å². The van der Waals surface area contributed by atoms with Crippen LogP contribution < -0.4 is 10.1 Å². The van der Waals surface area contributed by atoms with Crippen molar-refractivity contribution >= 4 is 0 Å². The topological polar surface area (TPSA) is 30.5 Å². The molecule has 0 aromatic heterocycles. The molecule has 0 amide bonds. The Labute approximate surface area is 91.4 Å². The summed E-state index contributed by atoms with van der Waals surface area (Å²) in [4.78, 5) is 0. The molecule has 0 unspecified atom stereocenters. The van der Waals surface area contributed by atoms with E-state index in [4.69, 9.17) is 9.47 Å². The van der Waals surface area contributed by atoms with Crippen LogP contribution in [0.25, 0.3) is 0 Å². The minimum Gasteiger partial charge on any atom is -0.497 e. The van der Waals surface area contributed by atoms with Crippen LogP contribution in [0.5, 0.6) is 5.75 Å². The fraction of sp³-hybridized carbons (Fsp3) is 0.500. The van der Waals surface area contributed by atoms with Crippen molar-refractivity contribution in [1.82, 2.24) is 5.32 Å². The molecule has 0 aliphatic heterocycles. The first kappa shape index (κ1) is 12.0. The van der Waals surface area contributed by atoms with Gasteiger partial charge in [-0.25, -0.2) is 0 Å². The van der Waals surface area contributed by atoms with E-state index in [1.807, 2.05) is 19.1 Å². The van der Waals surface area contributed by atoms with Gasteiger partial charge in [0.1, 0.15) is 5.75 Å². The third kappa shape index (κ3) is 4.81. The van der Waals surface area contributed by atoms with Gasteiger partial charge in [-0.1, -0.05) is 12.1 Å². The van der Waals surface area contributed by atoms with E-state index in [2.05, 4.69) is 17.4 Å². The highest BCUT2D eigenvalue weighted by atomic mass is 16.5. The average molecular weight is 209 g/mol. The Hall–Kier alpha value is -1.06. The molecule has 15 heavy (non-hydrogen) atoms. The molecule has 1 aromatic rings. The average Bonchev–Trinajstić information content (AvgIpc) is 2.30. The second-order valence-corrected chi connectivity index (χ2v) is 3.22. The summed E-state index contributed by atoms with van der Waals surface area (Å²) in [6.45, 7) is 5.32. The van der Waals surface area contributed by atoms with Crippen LogP contribution in [0, 0.1) is 0 Å². The van der Waals surface area contributed by atoms with E-state index in [9.17, 15) is 0 Å². The molecule has 0 aliphatic rings. The molecule has 0 atom stereocenters. The minimum atomic E-state index is 0.770. The van der Waals surface area contributed by atoms with Crippen molar-refractivity contribution < 1.29 is 9.47 Å². The van der Waals surface area contributed by atoms with E-state index in [1.165, 1.54) is 5.56 Å². The van der Waals surface area contributed by atoms with E-state index < -0.39 is 0 Å². The molecule has 0 aliphatic carbocycles. The normalized spacial score (nSPS) is 10.3. The van der Waals surface area contributed by atoms with Crippen LogP contribution in [0.15, 0.2) is 24.3 Å². The van der Waals surface area contributed by atoms with Crippen LogP contribution in [0.1, 0.15) is 12.5 Å². The summed E-state index contributed by atoms with van der Waals surface area (Å²) < 4.78 is 10.3. The first-order valence-electron chi connectivity index (χ1n) is 5.28. The molecule has 3 heteroatoms. The van der Waals surface area contributed by atoms with Crippen molar-refractivity contribution in [3.63, 3.8) is 0 Å². The Kier molecular flexibility index (Phi) is 5.81. The highest BCUT2D eigenvalue weighted by molar-refractivity contribution is 5.26. The summed E-state index contributed by atoms with van der Waals surface area (Å²) in [6.07, 6.45) is 0. The SMILES string of the molecule is CCOCCNCc1ccc(OC)cc1. The third-order valence-electron chi connectivity index (χ3n) is 2.12. The summed E-state index contributed by atoms with van der Waals surface area (Å²) in [5.41, 5.74) is 1.26. The maximum atomic E-state index is 5.23. The molecule has 1 aromatic carbocycles. The number of methoxy groups -OCH3 is 1. The van der Waals surface area contributed by atoms with Crippen LogP contribution in [0.4, 0.5) is 0 Å². The van der Waals surface area contributed by atoms with Crippen LogP contribution in [0.3, 0.4) is 0 Å². The molecule has 3 nitrogen and oxygen atoms in total. The molecule has 0 saturated carbocycles. The lowest BCUT2D eigenvalue weighted by Crippen LogP contribution is -2.19. The minimum absolute atomic E-state index is 0.770. The first-order valence-corrected chi connectivity index (χ1v) is 5.28. The quantitative estimate of drug-likeness (QED) is 0.695. The lowest BCUT2D eigenvalue weighted by atomic mass is 10.2. The summed E-state index contributed by atoms with van der Waals surface area (Å²) in [7, 11) is 1.68. The standard InChI is InChI=1S/C12H19NO2/c1-3-15-9-8-13-10-11-4-6-12(14-2)7-5-11/h4-7,13H,3,8-10H2,1-2H3. The van der Waals surface area contributed by atoms with Gasteiger partial charge in [0.25, 0.3) is 0 Å². The van der Waals surface area contributed by atoms with Crippen LogP contribution in [-0.2, 0) is 11.3 Å². The Morgan fingerprint density at radius 2 is 1.93 bits per heavy atom. The van der Waals surface area contributed by atoms with E-state index in [0.717, 1.165) is 32.1 Å². The number of rotatable bonds is 7. The number of hydrogen-bond donors (Lipinski definition) is 1. The molecule has 0 heterocycles. The maximum Gasteiger partial charge on any atom is 0.118 e. The third-order valence-corrected chi connectivity index (χ3v) is 2.12. The number of benzene rings is 1. The largest absolute Gasteiger partial charge is 0.497 e. The van der Waals surface area contributed by atoms with Gasteiger partial charge >= 0.3 is 0 Å². The smallest absolute Gasteiger partial charge is 0.118 e. The molecular formula is C12H19NO2. The van der Waals surface area contributed by atoms with Crippen molar-refractivity contribution in [2.45, 2.75) is 13.5 Å². The molecule has 1 N–H and O–H groups in total. The fourth-order valence-electron chi connectivity index (χ4n) is 1.26. The molecule has 0 spiro atoms. The predicted octanol–water partition coefficient (Wildman–Crippen LogP) is 1.82. The van der Waals surface area contributed by atoms with Gasteiger partial charge in [0.2, 0.25) is 0 Å². The van der Waals surface area contributed by atoms with Gasteiger partial charge in [0.15, 0.2) is 0 Å². The van der Waals surface area contributed by atoms with Gasteiger partial charge in [-0.2, -0.15) is 0 Å². The number of nitrogens with one attached hydrogen (secondary N) is 1. The van der Waals surface area contributed by atoms with Crippen LogP contribution >= 0.6 is 0 Å². The molecule has 0 bridgehead atoms. The van der Waals surface area contributed by atoms with Gasteiger partial charge in [0, 0.05) is 19.7 Å². The van der Waals surface area contributed by atoms with Crippen molar-refractivity contribution in [3.8, 4) is 5.75 Å². The van der Waals surface area contributed by atoms with Crippen LogP contribution in [-0.4, -0.2) is 26.9 Å². The molecule has 84 valence electrons. The Bertz CT molecular complexity index is 259. The van der Waals surface area contributed by atoms with Crippen molar-refractivity contribution in [2.75, 3.05) is 26.9 Å².